The molecule has 0 heterocycles. The first-order chi connectivity index (χ1) is 9.97. The van der Waals surface area contributed by atoms with Gasteiger partial charge in [-0.2, -0.15) is 0 Å². The Morgan fingerprint density at radius 1 is 1.24 bits per heavy atom. The summed E-state index contributed by atoms with van der Waals surface area (Å²) in [6.45, 7) is 4.25. The summed E-state index contributed by atoms with van der Waals surface area (Å²) >= 11 is 0. The molecule has 1 rings (SSSR count). The minimum atomic E-state index is -1.08. The normalized spacial score (nSPS) is 9.86. The first-order valence-electron chi connectivity index (χ1n) is 6.61. The van der Waals surface area contributed by atoms with Gasteiger partial charge in [0, 0.05) is 13.1 Å². The third-order valence-corrected chi connectivity index (χ3v) is 2.52. The van der Waals surface area contributed by atoms with Crippen molar-refractivity contribution in [1.82, 2.24) is 4.90 Å². The van der Waals surface area contributed by atoms with Crippen molar-refractivity contribution in [3.63, 3.8) is 0 Å². The topological polar surface area (TPSA) is 88.1 Å². The summed E-state index contributed by atoms with van der Waals surface area (Å²) in [5.74, 6) is 0.0101. The lowest BCUT2D eigenvalue weighted by Crippen LogP contribution is -2.35. The first kappa shape index (κ1) is 16.6. The van der Waals surface area contributed by atoms with Gasteiger partial charge in [0.25, 0.3) is 0 Å². The number of anilines is 1. The average molecular weight is 296 g/mol. The number of amides is 2. The zero-order valence-electron chi connectivity index (χ0n) is 12.4. The van der Waals surface area contributed by atoms with E-state index in [1.54, 1.807) is 18.2 Å². The van der Waals surface area contributed by atoms with Crippen LogP contribution in [0.3, 0.4) is 0 Å². The van der Waals surface area contributed by atoms with Crippen LogP contribution in [0.5, 0.6) is 11.5 Å². The number of likely N-dealkylation sites (N-methyl/N-ethyl adjacent to an activating group) is 1. The number of urea groups is 1. The Hall–Kier alpha value is -2.44. The number of nitrogens with zero attached hydrogens (tertiary/aromatic N) is 1. The van der Waals surface area contributed by atoms with E-state index in [2.05, 4.69) is 5.32 Å². The van der Waals surface area contributed by atoms with Gasteiger partial charge in [0.05, 0.1) is 18.9 Å². The van der Waals surface area contributed by atoms with Crippen molar-refractivity contribution in [1.29, 1.82) is 0 Å². The van der Waals surface area contributed by atoms with E-state index >= 15 is 0 Å². The van der Waals surface area contributed by atoms with E-state index < -0.39 is 12.0 Å². The maximum Gasteiger partial charge on any atom is 0.323 e. The Kier molecular flexibility index (Phi) is 6.32. The molecule has 0 aliphatic carbocycles. The molecule has 0 saturated carbocycles. The number of carboxylic acid groups (broad SMARTS) is 1. The van der Waals surface area contributed by atoms with Gasteiger partial charge in [0.2, 0.25) is 0 Å². The number of benzene rings is 1. The molecule has 116 valence electrons. The number of hydrogen-bond acceptors (Lipinski definition) is 4. The lowest BCUT2D eigenvalue weighted by atomic mass is 10.2. The molecule has 0 bridgehead atoms. The van der Waals surface area contributed by atoms with Gasteiger partial charge in [-0.3, -0.25) is 4.79 Å². The molecule has 1 aromatic carbocycles. The van der Waals surface area contributed by atoms with E-state index in [9.17, 15) is 9.59 Å². The van der Waals surface area contributed by atoms with Crippen molar-refractivity contribution in [2.45, 2.75) is 13.8 Å². The highest BCUT2D eigenvalue weighted by Gasteiger charge is 2.15. The van der Waals surface area contributed by atoms with Gasteiger partial charge in [0.1, 0.15) is 18.0 Å². The zero-order valence-corrected chi connectivity index (χ0v) is 12.4. The van der Waals surface area contributed by atoms with Gasteiger partial charge in [0.15, 0.2) is 0 Å². The van der Waals surface area contributed by atoms with E-state index in [1.807, 2.05) is 13.8 Å². The third kappa shape index (κ3) is 5.21. The molecule has 0 radical (unpaired) electrons. The monoisotopic (exact) mass is 296 g/mol. The van der Waals surface area contributed by atoms with Crippen LogP contribution in [-0.4, -0.2) is 48.8 Å². The van der Waals surface area contributed by atoms with Gasteiger partial charge >= 0.3 is 12.0 Å². The van der Waals surface area contributed by atoms with Crippen molar-refractivity contribution < 1.29 is 24.2 Å². The van der Waals surface area contributed by atoms with Gasteiger partial charge in [-0.1, -0.05) is 0 Å². The molecule has 2 amide bonds. The molecule has 0 fully saturated rings. The SMILES string of the molecule is CCOc1ccc(OCC)c(NC(=O)N(C)CC(=O)O)c1. The Morgan fingerprint density at radius 3 is 2.48 bits per heavy atom. The summed E-state index contributed by atoms with van der Waals surface area (Å²) < 4.78 is 10.8. The van der Waals surface area contributed by atoms with E-state index in [4.69, 9.17) is 14.6 Å². The van der Waals surface area contributed by atoms with Crippen molar-refractivity contribution in [2.24, 2.45) is 0 Å². The van der Waals surface area contributed by atoms with Crippen LogP contribution in [0.15, 0.2) is 18.2 Å². The van der Waals surface area contributed by atoms with Crippen LogP contribution in [0.4, 0.5) is 10.5 Å². The van der Waals surface area contributed by atoms with Gasteiger partial charge in [-0.15, -0.1) is 0 Å². The fourth-order valence-electron chi connectivity index (χ4n) is 1.63. The number of carboxylic acids is 1. The Balaban J connectivity index is 2.89. The second-order valence-electron chi connectivity index (χ2n) is 4.20. The summed E-state index contributed by atoms with van der Waals surface area (Å²) in [6.07, 6.45) is 0. The van der Waals surface area contributed by atoms with Gasteiger partial charge < -0.3 is 24.8 Å². The van der Waals surface area contributed by atoms with Crippen LogP contribution < -0.4 is 14.8 Å². The number of rotatable bonds is 7. The van der Waals surface area contributed by atoms with Crippen LogP contribution in [0, 0.1) is 0 Å². The van der Waals surface area contributed by atoms with Crippen LogP contribution in [0.2, 0.25) is 0 Å². The van der Waals surface area contributed by atoms with E-state index in [0.717, 1.165) is 4.90 Å². The number of nitrogens with one attached hydrogen (secondary N) is 1. The highest BCUT2D eigenvalue weighted by Crippen LogP contribution is 2.29. The lowest BCUT2D eigenvalue weighted by molar-refractivity contribution is -0.137. The summed E-state index contributed by atoms with van der Waals surface area (Å²) in [7, 11) is 1.40. The summed E-state index contributed by atoms with van der Waals surface area (Å²) in [4.78, 5) is 23.6. The predicted octanol–water partition coefficient (Wildman–Crippen LogP) is 2.03. The first-order valence-corrected chi connectivity index (χ1v) is 6.61. The quantitative estimate of drug-likeness (QED) is 0.803. The maximum atomic E-state index is 11.9. The molecule has 1 aromatic rings. The molecule has 21 heavy (non-hydrogen) atoms. The Bertz CT molecular complexity index is 504. The van der Waals surface area contributed by atoms with Crippen molar-refractivity contribution in [3.05, 3.63) is 18.2 Å². The average Bonchev–Trinajstić information content (AvgIpc) is 2.41. The smallest absolute Gasteiger partial charge is 0.323 e. The molecule has 0 aliphatic rings. The Labute approximate surface area is 123 Å². The minimum absolute atomic E-state index is 0.388. The molecule has 0 atom stereocenters. The highest BCUT2D eigenvalue weighted by atomic mass is 16.5. The summed E-state index contributed by atoms with van der Waals surface area (Å²) in [5, 5.41) is 11.3. The lowest BCUT2D eigenvalue weighted by Gasteiger charge is -2.18. The highest BCUT2D eigenvalue weighted by molar-refractivity contribution is 5.92. The molecular weight excluding hydrogens is 276 g/mol. The summed E-state index contributed by atoms with van der Waals surface area (Å²) in [5.41, 5.74) is 0.435. The second kappa shape index (κ2) is 7.98. The number of hydrogen-bond donors (Lipinski definition) is 2. The van der Waals surface area contributed by atoms with Crippen LogP contribution in [0.1, 0.15) is 13.8 Å². The largest absolute Gasteiger partial charge is 0.494 e. The van der Waals surface area contributed by atoms with Crippen LogP contribution in [0.25, 0.3) is 0 Å². The van der Waals surface area contributed by atoms with E-state index in [0.29, 0.717) is 30.4 Å². The molecule has 0 spiro atoms. The van der Waals surface area contributed by atoms with Crippen molar-refractivity contribution in [3.8, 4) is 11.5 Å². The van der Waals surface area contributed by atoms with Gasteiger partial charge in [-0.05, 0) is 26.0 Å². The molecule has 0 aromatic heterocycles. The van der Waals surface area contributed by atoms with Crippen LogP contribution in [-0.2, 0) is 4.79 Å². The van der Waals surface area contributed by atoms with E-state index in [1.165, 1.54) is 7.05 Å². The van der Waals surface area contributed by atoms with Crippen molar-refractivity contribution in [2.75, 3.05) is 32.1 Å². The molecule has 0 saturated heterocycles. The van der Waals surface area contributed by atoms with Crippen LogP contribution >= 0.6 is 0 Å². The number of aliphatic carboxylic acids is 1. The zero-order chi connectivity index (χ0) is 15.8. The molecule has 2 N–H and O–H groups in total. The molecular formula is C14H20N2O5. The number of carbonyl (C=O) groups is 2. The summed E-state index contributed by atoms with van der Waals surface area (Å²) in [6, 6.07) is 4.54. The Morgan fingerprint density at radius 2 is 1.90 bits per heavy atom. The van der Waals surface area contributed by atoms with E-state index in [-0.39, 0.29) is 6.54 Å². The minimum Gasteiger partial charge on any atom is -0.494 e. The third-order valence-electron chi connectivity index (χ3n) is 2.52. The van der Waals surface area contributed by atoms with Gasteiger partial charge in [-0.25, -0.2) is 4.79 Å². The fourth-order valence-corrected chi connectivity index (χ4v) is 1.63. The van der Waals surface area contributed by atoms with Crippen molar-refractivity contribution >= 4 is 17.7 Å². The molecule has 7 heteroatoms. The molecule has 0 unspecified atom stereocenters. The maximum absolute atomic E-state index is 11.9. The number of ether oxygens (including phenoxy) is 2. The number of carbonyl (C=O) groups excluding carboxylic acids is 1. The molecule has 0 aliphatic heterocycles. The standard InChI is InChI=1S/C14H20N2O5/c1-4-20-10-6-7-12(21-5-2)11(8-10)15-14(19)16(3)9-13(17)18/h6-8H,4-5,9H2,1-3H3,(H,15,19)(H,17,18). The predicted molar refractivity (Wildman–Crippen MR) is 78.1 cm³/mol. The fraction of sp³-hybridized carbons (Fsp3) is 0.429. The second-order valence-corrected chi connectivity index (χ2v) is 4.20. The molecule has 7 nitrogen and oxygen atoms in total.